The Morgan fingerprint density at radius 2 is 1.97 bits per heavy atom. The van der Waals surface area contributed by atoms with Crippen molar-refractivity contribution in [3.63, 3.8) is 0 Å². The lowest BCUT2D eigenvalue weighted by atomic mass is 10.2. The smallest absolute Gasteiger partial charge is 0.219 e. The quantitative estimate of drug-likeness (QED) is 0.283. The minimum absolute atomic E-state index is 0. The molecule has 1 aromatic heterocycles. The first-order valence-corrected chi connectivity index (χ1v) is 11.0. The van der Waals surface area contributed by atoms with Gasteiger partial charge in [-0.1, -0.05) is 18.2 Å². The highest BCUT2D eigenvalue weighted by Gasteiger charge is 2.18. The van der Waals surface area contributed by atoms with E-state index in [2.05, 4.69) is 32.7 Å². The van der Waals surface area contributed by atoms with Crippen LogP contribution in [-0.4, -0.2) is 79.1 Å². The molecule has 2 heterocycles. The van der Waals surface area contributed by atoms with Crippen LogP contribution in [0.5, 0.6) is 0 Å². The molecule has 7 nitrogen and oxygen atoms in total. The van der Waals surface area contributed by atoms with Crippen LogP contribution in [0, 0.1) is 0 Å². The molecular weight excluding hydrogens is 513 g/mol. The Morgan fingerprint density at radius 3 is 2.63 bits per heavy atom. The lowest BCUT2D eigenvalue weighted by molar-refractivity contribution is -0.130. The van der Waals surface area contributed by atoms with Crippen LogP contribution in [0.4, 0.5) is 0 Å². The molecule has 3 N–H and O–H groups in total. The van der Waals surface area contributed by atoms with Gasteiger partial charge >= 0.3 is 0 Å². The minimum atomic E-state index is -0.609. The first-order chi connectivity index (χ1) is 14.1. The number of benzene rings is 1. The van der Waals surface area contributed by atoms with Crippen LogP contribution in [-0.2, 0) is 4.79 Å². The Labute approximate surface area is 199 Å². The summed E-state index contributed by atoms with van der Waals surface area (Å²) in [6.45, 7) is 9.81. The molecule has 0 saturated carbocycles. The van der Waals surface area contributed by atoms with Crippen molar-refractivity contribution < 1.29 is 9.90 Å². The van der Waals surface area contributed by atoms with Gasteiger partial charge in [-0.3, -0.25) is 14.7 Å². The van der Waals surface area contributed by atoms with Crippen molar-refractivity contribution in [3.8, 4) is 0 Å². The number of amides is 1. The van der Waals surface area contributed by atoms with Crippen molar-refractivity contribution in [2.75, 3.05) is 52.4 Å². The highest BCUT2D eigenvalue weighted by molar-refractivity contribution is 14.0. The third-order valence-corrected chi connectivity index (χ3v) is 6.29. The molecule has 3 rings (SSSR count). The molecule has 2 aromatic rings. The number of nitrogens with zero attached hydrogens (tertiary/aromatic N) is 3. The summed E-state index contributed by atoms with van der Waals surface area (Å²) in [5.41, 5.74) is 0. The standard InChI is InChI=1S/C21H31N5O2S.HI/c1-3-22-21(23-8-9-25-10-12-26(13-11-25)16(2)27)24-15-18(28)20-14-17-6-4-5-7-19(17)29-20;/h4-7,14,18,28H,3,8-13,15H2,1-2H3,(H2,22,23,24);1H. The Kier molecular flexibility index (Phi) is 10.3. The Bertz CT molecular complexity index is 803. The number of thiophene rings is 1. The van der Waals surface area contributed by atoms with E-state index in [1.54, 1.807) is 18.3 Å². The van der Waals surface area contributed by atoms with Crippen molar-refractivity contribution >= 4 is 57.3 Å². The van der Waals surface area contributed by atoms with Crippen LogP contribution in [0.15, 0.2) is 35.3 Å². The second-order valence-electron chi connectivity index (χ2n) is 7.20. The maximum atomic E-state index is 11.4. The van der Waals surface area contributed by atoms with Crippen molar-refractivity contribution in [1.82, 2.24) is 20.4 Å². The third-order valence-electron chi connectivity index (χ3n) is 5.08. The maximum Gasteiger partial charge on any atom is 0.219 e. The lowest BCUT2D eigenvalue weighted by Crippen LogP contribution is -2.50. The van der Waals surface area contributed by atoms with E-state index in [1.165, 1.54) is 4.70 Å². The van der Waals surface area contributed by atoms with E-state index in [-0.39, 0.29) is 29.9 Å². The average Bonchev–Trinajstić information content (AvgIpc) is 3.16. The number of fused-ring (bicyclic) bond motifs is 1. The summed E-state index contributed by atoms with van der Waals surface area (Å²) >= 11 is 1.61. The third kappa shape index (κ3) is 7.07. The number of hydrogen-bond donors (Lipinski definition) is 3. The molecule has 1 aromatic carbocycles. The first kappa shape index (κ1) is 24.8. The topological polar surface area (TPSA) is 80.2 Å². The number of aliphatic hydroxyl groups is 1. The second kappa shape index (κ2) is 12.4. The Balaban J connectivity index is 0.00000320. The maximum absolute atomic E-state index is 11.4. The number of carbonyl (C=O) groups is 1. The molecule has 0 radical (unpaired) electrons. The van der Waals surface area contributed by atoms with Crippen molar-refractivity contribution in [3.05, 3.63) is 35.2 Å². The summed E-state index contributed by atoms with van der Waals surface area (Å²) in [6.07, 6.45) is -0.609. The SMILES string of the molecule is CCNC(=NCC(O)c1cc2ccccc2s1)NCCN1CCN(C(C)=O)CC1.I. The monoisotopic (exact) mass is 545 g/mol. The normalized spacial score (nSPS) is 16.2. The van der Waals surface area contributed by atoms with E-state index in [1.807, 2.05) is 30.0 Å². The van der Waals surface area contributed by atoms with Gasteiger partial charge in [0, 0.05) is 62.3 Å². The number of rotatable bonds is 7. The molecule has 1 aliphatic heterocycles. The number of aliphatic hydroxyl groups excluding tert-OH is 1. The molecule has 1 unspecified atom stereocenters. The molecule has 166 valence electrons. The molecule has 9 heteroatoms. The number of guanidine groups is 1. The fourth-order valence-electron chi connectivity index (χ4n) is 3.39. The predicted molar refractivity (Wildman–Crippen MR) is 135 cm³/mol. The van der Waals surface area contributed by atoms with Gasteiger partial charge in [-0.05, 0) is 24.4 Å². The number of halogens is 1. The Hall–Kier alpha value is -1.43. The van der Waals surface area contributed by atoms with Gasteiger partial charge in [0.15, 0.2) is 5.96 Å². The number of hydrogen-bond acceptors (Lipinski definition) is 5. The molecule has 1 fully saturated rings. The molecule has 0 bridgehead atoms. The van der Waals surface area contributed by atoms with Gasteiger partial charge < -0.3 is 20.6 Å². The molecule has 0 aliphatic carbocycles. The van der Waals surface area contributed by atoms with Crippen LogP contribution in [0.3, 0.4) is 0 Å². The van der Waals surface area contributed by atoms with E-state index < -0.39 is 6.10 Å². The van der Waals surface area contributed by atoms with E-state index in [4.69, 9.17) is 0 Å². The Morgan fingerprint density at radius 1 is 1.23 bits per heavy atom. The number of piperazine rings is 1. The van der Waals surface area contributed by atoms with Gasteiger partial charge in [-0.15, -0.1) is 35.3 Å². The number of nitrogens with one attached hydrogen (secondary N) is 2. The number of carbonyl (C=O) groups excluding carboxylic acids is 1. The zero-order valence-corrected chi connectivity index (χ0v) is 20.8. The van der Waals surface area contributed by atoms with E-state index in [0.717, 1.165) is 62.0 Å². The van der Waals surface area contributed by atoms with Gasteiger partial charge in [0.25, 0.3) is 0 Å². The summed E-state index contributed by atoms with van der Waals surface area (Å²) in [5.74, 6) is 0.872. The highest BCUT2D eigenvalue weighted by atomic mass is 127. The van der Waals surface area contributed by atoms with E-state index >= 15 is 0 Å². The lowest BCUT2D eigenvalue weighted by Gasteiger charge is -2.34. The van der Waals surface area contributed by atoms with Gasteiger partial charge in [0.2, 0.25) is 5.91 Å². The molecule has 1 aliphatic rings. The van der Waals surface area contributed by atoms with Gasteiger partial charge in [0.1, 0.15) is 6.10 Å². The summed E-state index contributed by atoms with van der Waals surface area (Å²) in [5, 5.41) is 18.3. The van der Waals surface area contributed by atoms with Crippen LogP contribution in [0.2, 0.25) is 0 Å². The summed E-state index contributed by atoms with van der Waals surface area (Å²) in [6, 6.07) is 10.2. The van der Waals surface area contributed by atoms with Crippen LogP contribution >= 0.6 is 35.3 Å². The molecule has 0 spiro atoms. The largest absolute Gasteiger partial charge is 0.386 e. The number of aliphatic imine (C=N–C) groups is 1. The van der Waals surface area contributed by atoms with Crippen molar-refractivity contribution in [2.45, 2.75) is 20.0 Å². The first-order valence-electron chi connectivity index (χ1n) is 10.2. The highest BCUT2D eigenvalue weighted by Crippen LogP contribution is 2.29. The second-order valence-corrected chi connectivity index (χ2v) is 8.31. The molecule has 30 heavy (non-hydrogen) atoms. The zero-order valence-electron chi connectivity index (χ0n) is 17.6. The van der Waals surface area contributed by atoms with Gasteiger partial charge in [0.05, 0.1) is 6.54 Å². The fraction of sp³-hybridized carbons (Fsp3) is 0.524. The summed E-state index contributed by atoms with van der Waals surface area (Å²) < 4.78 is 1.18. The van der Waals surface area contributed by atoms with Crippen LogP contribution in [0.1, 0.15) is 24.8 Å². The average molecular weight is 545 g/mol. The van der Waals surface area contributed by atoms with Crippen LogP contribution in [0.25, 0.3) is 10.1 Å². The zero-order chi connectivity index (χ0) is 20.6. The summed E-state index contributed by atoms with van der Waals surface area (Å²) in [7, 11) is 0. The van der Waals surface area contributed by atoms with E-state index in [0.29, 0.717) is 6.54 Å². The van der Waals surface area contributed by atoms with Crippen molar-refractivity contribution in [2.24, 2.45) is 4.99 Å². The van der Waals surface area contributed by atoms with Crippen LogP contribution < -0.4 is 10.6 Å². The summed E-state index contributed by atoms with van der Waals surface area (Å²) in [4.78, 5) is 21.2. The molecule has 1 saturated heterocycles. The predicted octanol–water partition coefficient (Wildman–Crippen LogP) is 2.27. The molecular formula is C21H32IN5O2S. The molecule has 1 amide bonds. The fourth-order valence-corrected chi connectivity index (χ4v) is 4.44. The van der Waals surface area contributed by atoms with E-state index in [9.17, 15) is 9.90 Å². The van der Waals surface area contributed by atoms with Crippen molar-refractivity contribution in [1.29, 1.82) is 0 Å². The van der Waals surface area contributed by atoms with Gasteiger partial charge in [-0.25, -0.2) is 0 Å². The van der Waals surface area contributed by atoms with Gasteiger partial charge in [-0.2, -0.15) is 0 Å². The minimum Gasteiger partial charge on any atom is -0.386 e. The molecule has 1 atom stereocenters.